The Morgan fingerprint density at radius 3 is 3.00 bits per heavy atom. The molecule has 0 unspecified atom stereocenters. The molecule has 1 aromatic heterocycles. The standard InChI is InChI=1S/C13H14N2/c1-11(2)13-9-10-15(14-13)12-7-5-3-4-6-8-12/h3-7,9-10H,1,8H2,2H3. The first-order chi connectivity index (χ1) is 7.27. The van der Waals surface area contributed by atoms with E-state index in [1.807, 2.05) is 42.1 Å². The van der Waals surface area contributed by atoms with Crippen LogP contribution in [0, 0.1) is 0 Å². The van der Waals surface area contributed by atoms with Gasteiger partial charge >= 0.3 is 0 Å². The molecule has 0 saturated heterocycles. The van der Waals surface area contributed by atoms with E-state index in [1.54, 1.807) is 0 Å². The minimum atomic E-state index is 0.907. The summed E-state index contributed by atoms with van der Waals surface area (Å²) in [6.45, 7) is 5.85. The van der Waals surface area contributed by atoms with Crippen LogP contribution in [0.5, 0.6) is 0 Å². The first-order valence-corrected chi connectivity index (χ1v) is 5.01. The molecule has 0 bridgehead atoms. The average Bonchev–Trinajstić information content (AvgIpc) is 2.55. The van der Waals surface area contributed by atoms with Crippen LogP contribution in [0.3, 0.4) is 0 Å². The molecule has 0 N–H and O–H groups in total. The highest BCUT2D eigenvalue weighted by Gasteiger charge is 2.03. The second kappa shape index (κ2) is 4.13. The third kappa shape index (κ3) is 2.15. The topological polar surface area (TPSA) is 17.8 Å². The molecule has 1 heterocycles. The third-order valence-electron chi connectivity index (χ3n) is 2.29. The van der Waals surface area contributed by atoms with E-state index in [1.165, 1.54) is 5.70 Å². The molecule has 76 valence electrons. The number of rotatable bonds is 2. The maximum Gasteiger partial charge on any atom is 0.0878 e. The van der Waals surface area contributed by atoms with E-state index in [0.29, 0.717) is 0 Å². The van der Waals surface area contributed by atoms with Crippen LogP contribution >= 0.6 is 0 Å². The Morgan fingerprint density at radius 2 is 2.27 bits per heavy atom. The van der Waals surface area contributed by atoms with Gasteiger partial charge < -0.3 is 0 Å². The molecule has 0 saturated carbocycles. The Kier molecular flexibility index (Phi) is 2.68. The lowest BCUT2D eigenvalue weighted by molar-refractivity contribution is 0.872. The Labute approximate surface area is 89.9 Å². The van der Waals surface area contributed by atoms with Gasteiger partial charge in [0, 0.05) is 18.3 Å². The van der Waals surface area contributed by atoms with Gasteiger partial charge in [-0.15, -0.1) is 0 Å². The van der Waals surface area contributed by atoms with Crippen molar-refractivity contribution in [2.24, 2.45) is 0 Å². The molecule has 2 nitrogen and oxygen atoms in total. The van der Waals surface area contributed by atoms with Crippen molar-refractivity contribution in [3.8, 4) is 0 Å². The van der Waals surface area contributed by atoms with Crippen LogP contribution in [0.15, 0.2) is 49.2 Å². The highest BCUT2D eigenvalue weighted by atomic mass is 15.3. The first-order valence-electron chi connectivity index (χ1n) is 5.01. The monoisotopic (exact) mass is 198 g/mol. The Bertz CT molecular complexity index is 459. The van der Waals surface area contributed by atoms with Crippen molar-refractivity contribution in [3.63, 3.8) is 0 Å². The predicted octanol–water partition coefficient (Wildman–Crippen LogP) is 3.27. The maximum atomic E-state index is 4.46. The molecule has 0 aromatic carbocycles. The highest BCUT2D eigenvalue weighted by molar-refractivity contribution is 5.59. The number of hydrogen-bond acceptors (Lipinski definition) is 1. The molecular weight excluding hydrogens is 184 g/mol. The Morgan fingerprint density at radius 1 is 1.40 bits per heavy atom. The fraction of sp³-hybridized carbons (Fsp3) is 0.154. The lowest BCUT2D eigenvalue weighted by Gasteiger charge is -2.02. The maximum absolute atomic E-state index is 4.46. The van der Waals surface area contributed by atoms with Gasteiger partial charge in [-0.2, -0.15) is 5.10 Å². The lowest BCUT2D eigenvalue weighted by atomic mass is 10.3. The summed E-state index contributed by atoms with van der Waals surface area (Å²) in [5.74, 6) is 0. The van der Waals surface area contributed by atoms with Gasteiger partial charge in [-0.05, 0) is 24.6 Å². The normalized spacial score (nSPS) is 14.9. The number of aromatic nitrogens is 2. The van der Waals surface area contributed by atoms with E-state index in [-0.39, 0.29) is 0 Å². The number of allylic oxidation sites excluding steroid dienone is 7. The van der Waals surface area contributed by atoms with Crippen molar-refractivity contribution in [2.75, 3.05) is 0 Å². The first kappa shape index (κ1) is 9.71. The second-order valence-corrected chi connectivity index (χ2v) is 3.60. The zero-order valence-electron chi connectivity index (χ0n) is 8.85. The smallest absolute Gasteiger partial charge is 0.0878 e. The molecule has 15 heavy (non-hydrogen) atoms. The van der Waals surface area contributed by atoms with Crippen molar-refractivity contribution >= 4 is 11.3 Å². The SMILES string of the molecule is C=C(C)c1ccn(C2=CC=CC=CC2)n1. The van der Waals surface area contributed by atoms with E-state index < -0.39 is 0 Å². The molecule has 0 spiro atoms. The largest absolute Gasteiger partial charge is 0.244 e. The molecule has 1 aromatic rings. The van der Waals surface area contributed by atoms with Gasteiger partial charge in [0.05, 0.1) is 5.69 Å². The van der Waals surface area contributed by atoms with Crippen LogP contribution in [0.25, 0.3) is 11.3 Å². The van der Waals surface area contributed by atoms with Crippen molar-refractivity contribution in [1.29, 1.82) is 0 Å². The Hall–Kier alpha value is -1.83. The summed E-state index contributed by atoms with van der Waals surface area (Å²) in [5.41, 5.74) is 3.12. The van der Waals surface area contributed by atoms with Crippen LogP contribution in [0.4, 0.5) is 0 Å². The molecule has 0 radical (unpaired) electrons. The third-order valence-corrected chi connectivity index (χ3v) is 2.29. The summed E-state index contributed by atoms with van der Waals surface area (Å²) in [4.78, 5) is 0. The van der Waals surface area contributed by atoms with Gasteiger partial charge in [-0.1, -0.05) is 30.9 Å². The van der Waals surface area contributed by atoms with Crippen molar-refractivity contribution in [2.45, 2.75) is 13.3 Å². The molecule has 1 aliphatic rings. The minimum Gasteiger partial charge on any atom is -0.244 e. The molecular formula is C13H14N2. The summed E-state index contributed by atoms with van der Waals surface area (Å²) in [5, 5.41) is 4.46. The van der Waals surface area contributed by atoms with Gasteiger partial charge in [0.25, 0.3) is 0 Å². The van der Waals surface area contributed by atoms with E-state index in [9.17, 15) is 0 Å². The predicted molar refractivity (Wildman–Crippen MR) is 64.1 cm³/mol. The summed E-state index contributed by atoms with van der Waals surface area (Å²) < 4.78 is 1.91. The second-order valence-electron chi connectivity index (χ2n) is 3.60. The van der Waals surface area contributed by atoms with E-state index in [0.717, 1.165) is 17.7 Å². The molecule has 0 atom stereocenters. The molecule has 0 fully saturated rings. The molecule has 0 aliphatic heterocycles. The van der Waals surface area contributed by atoms with Gasteiger partial charge in [0.15, 0.2) is 0 Å². The summed E-state index contributed by atoms with van der Waals surface area (Å²) in [6.07, 6.45) is 13.2. The summed E-state index contributed by atoms with van der Waals surface area (Å²) in [7, 11) is 0. The van der Waals surface area contributed by atoms with Crippen LogP contribution in [0.2, 0.25) is 0 Å². The highest BCUT2D eigenvalue weighted by Crippen LogP contribution is 2.15. The van der Waals surface area contributed by atoms with Crippen LogP contribution < -0.4 is 0 Å². The molecule has 0 amide bonds. The molecule has 2 rings (SSSR count). The Balaban J connectivity index is 2.29. The molecule has 1 aliphatic carbocycles. The number of nitrogens with zero attached hydrogens (tertiary/aromatic N) is 2. The van der Waals surface area contributed by atoms with Gasteiger partial charge in [-0.25, -0.2) is 4.68 Å². The van der Waals surface area contributed by atoms with Crippen molar-refractivity contribution < 1.29 is 0 Å². The van der Waals surface area contributed by atoms with Crippen molar-refractivity contribution in [1.82, 2.24) is 9.78 Å². The lowest BCUT2D eigenvalue weighted by Crippen LogP contribution is -1.97. The van der Waals surface area contributed by atoms with Crippen LogP contribution in [-0.2, 0) is 0 Å². The van der Waals surface area contributed by atoms with Gasteiger partial charge in [-0.3, -0.25) is 0 Å². The molecule has 2 heteroatoms. The van der Waals surface area contributed by atoms with Gasteiger partial charge in [0.2, 0.25) is 0 Å². The zero-order chi connectivity index (χ0) is 10.7. The van der Waals surface area contributed by atoms with E-state index in [2.05, 4.69) is 23.8 Å². The van der Waals surface area contributed by atoms with E-state index in [4.69, 9.17) is 0 Å². The van der Waals surface area contributed by atoms with Gasteiger partial charge in [0.1, 0.15) is 0 Å². The fourth-order valence-electron chi connectivity index (χ4n) is 1.45. The summed E-state index contributed by atoms with van der Waals surface area (Å²) >= 11 is 0. The zero-order valence-corrected chi connectivity index (χ0v) is 8.85. The van der Waals surface area contributed by atoms with Crippen molar-refractivity contribution in [3.05, 3.63) is 54.9 Å². The van der Waals surface area contributed by atoms with E-state index >= 15 is 0 Å². The summed E-state index contributed by atoms with van der Waals surface area (Å²) in [6, 6.07) is 1.99. The fourth-order valence-corrected chi connectivity index (χ4v) is 1.45. The van der Waals surface area contributed by atoms with Crippen LogP contribution in [-0.4, -0.2) is 9.78 Å². The quantitative estimate of drug-likeness (QED) is 0.713. The average molecular weight is 198 g/mol. The van der Waals surface area contributed by atoms with Crippen LogP contribution in [0.1, 0.15) is 19.0 Å². The minimum absolute atomic E-state index is 0.907. The number of hydrogen-bond donors (Lipinski definition) is 0.